The first kappa shape index (κ1) is 17.6. The van der Waals surface area contributed by atoms with Crippen molar-refractivity contribution < 1.29 is 9.53 Å². The van der Waals surface area contributed by atoms with Gasteiger partial charge in [0.15, 0.2) is 0 Å². The molecule has 0 atom stereocenters. The number of benzene rings is 1. The van der Waals surface area contributed by atoms with Crippen LogP contribution in [0.3, 0.4) is 0 Å². The highest BCUT2D eigenvalue weighted by molar-refractivity contribution is 9.10. The third-order valence-electron chi connectivity index (χ3n) is 3.80. The van der Waals surface area contributed by atoms with Gasteiger partial charge in [0, 0.05) is 35.2 Å². The number of thiazole rings is 1. The molecular weight excluding hydrogens is 388 g/mol. The molecular formula is C18H21BrN2O2S. The molecule has 1 saturated carbocycles. The molecule has 0 bridgehead atoms. The molecule has 2 aromatic rings. The van der Waals surface area contributed by atoms with Crippen LogP contribution in [-0.4, -0.2) is 30.6 Å². The minimum Gasteiger partial charge on any atom is -0.381 e. The molecule has 0 spiro atoms. The lowest BCUT2D eigenvalue weighted by Gasteiger charge is -2.05. The summed E-state index contributed by atoms with van der Waals surface area (Å²) in [7, 11) is 0. The molecule has 0 unspecified atom stereocenters. The number of aromatic nitrogens is 1. The van der Waals surface area contributed by atoms with Crippen molar-refractivity contribution in [2.45, 2.75) is 25.7 Å². The average Bonchev–Trinajstić information content (AvgIpc) is 3.28. The predicted molar refractivity (Wildman–Crippen MR) is 100 cm³/mol. The number of hydrogen-bond donors (Lipinski definition) is 1. The van der Waals surface area contributed by atoms with Gasteiger partial charge in [0.1, 0.15) is 5.01 Å². The monoisotopic (exact) mass is 408 g/mol. The van der Waals surface area contributed by atoms with E-state index in [0.717, 1.165) is 46.3 Å². The SMILES string of the molecule is O=C(Cc1csc(-c2cccc(Br)c2)n1)NCCCOCC1CC1. The minimum atomic E-state index is 0.0169. The predicted octanol–water partition coefficient (Wildman–Crippen LogP) is 4.05. The van der Waals surface area contributed by atoms with Gasteiger partial charge in [0.2, 0.25) is 5.91 Å². The standard InChI is InChI=1S/C18H21BrN2O2S/c19-15-4-1-3-14(9-15)18-21-16(12-24-18)10-17(22)20-7-2-8-23-11-13-5-6-13/h1,3-4,9,12-13H,2,5-8,10-11H2,(H,20,22). The van der Waals surface area contributed by atoms with Crippen LogP contribution in [0.15, 0.2) is 34.1 Å². The van der Waals surface area contributed by atoms with Crippen LogP contribution in [0.4, 0.5) is 0 Å². The van der Waals surface area contributed by atoms with E-state index in [1.807, 2.05) is 29.6 Å². The first-order valence-corrected chi connectivity index (χ1v) is 9.93. The van der Waals surface area contributed by atoms with Gasteiger partial charge in [0.25, 0.3) is 0 Å². The Labute approximate surface area is 154 Å². The van der Waals surface area contributed by atoms with Gasteiger partial charge >= 0.3 is 0 Å². The fourth-order valence-electron chi connectivity index (χ4n) is 2.31. The quantitative estimate of drug-likeness (QED) is 0.636. The van der Waals surface area contributed by atoms with Crippen molar-refractivity contribution in [2.24, 2.45) is 5.92 Å². The van der Waals surface area contributed by atoms with Crippen LogP contribution in [-0.2, 0) is 16.0 Å². The highest BCUT2D eigenvalue weighted by Gasteiger charge is 2.20. The summed E-state index contributed by atoms with van der Waals surface area (Å²) in [6, 6.07) is 8.03. The summed E-state index contributed by atoms with van der Waals surface area (Å²) in [5.41, 5.74) is 1.88. The maximum Gasteiger partial charge on any atom is 0.226 e. The van der Waals surface area contributed by atoms with E-state index in [4.69, 9.17) is 4.74 Å². The summed E-state index contributed by atoms with van der Waals surface area (Å²) in [6.45, 7) is 2.26. The van der Waals surface area contributed by atoms with E-state index >= 15 is 0 Å². The smallest absolute Gasteiger partial charge is 0.226 e. The van der Waals surface area contributed by atoms with Crippen molar-refractivity contribution in [1.82, 2.24) is 10.3 Å². The van der Waals surface area contributed by atoms with Gasteiger partial charge in [-0.1, -0.05) is 28.1 Å². The van der Waals surface area contributed by atoms with Gasteiger partial charge in [-0.15, -0.1) is 11.3 Å². The van der Waals surface area contributed by atoms with E-state index in [2.05, 4.69) is 26.2 Å². The third-order valence-corrected chi connectivity index (χ3v) is 5.24. The van der Waals surface area contributed by atoms with Crippen LogP contribution < -0.4 is 5.32 Å². The number of nitrogens with zero attached hydrogens (tertiary/aromatic N) is 1. The van der Waals surface area contributed by atoms with Gasteiger partial charge in [0.05, 0.1) is 12.1 Å². The Balaban J connectivity index is 1.38. The van der Waals surface area contributed by atoms with Crippen LogP contribution >= 0.6 is 27.3 Å². The third kappa shape index (κ3) is 5.69. The molecule has 0 saturated heterocycles. The van der Waals surface area contributed by atoms with E-state index in [-0.39, 0.29) is 5.91 Å². The van der Waals surface area contributed by atoms with Crippen LogP contribution in [0.25, 0.3) is 10.6 Å². The minimum absolute atomic E-state index is 0.0169. The van der Waals surface area contributed by atoms with Gasteiger partial charge in [-0.3, -0.25) is 4.79 Å². The van der Waals surface area contributed by atoms with Crippen molar-refractivity contribution in [3.05, 3.63) is 39.8 Å². The first-order valence-electron chi connectivity index (χ1n) is 8.25. The van der Waals surface area contributed by atoms with E-state index in [9.17, 15) is 4.79 Å². The number of carbonyl (C=O) groups excluding carboxylic acids is 1. The van der Waals surface area contributed by atoms with Gasteiger partial charge in [-0.25, -0.2) is 4.98 Å². The summed E-state index contributed by atoms with van der Waals surface area (Å²) in [5.74, 6) is 0.812. The molecule has 1 N–H and O–H groups in total. The van der Waals surface area contributed by atoms with Crippen LogP contribution in [0.5, 0.6) is 0 Å². The number of halogens is 1. The molecule has 1 aromatic heterocycles. The molecule has 1 amide bonds. The number of ether oxygens (including phenoxy) is 1. The molecule has 4 nitrogen and oxygen atoms in total. The zero-order chi connectivity index (χ0) is 16.8. The van der Waals surface area contributed by atoms with Crippen LogP contribution in [0.2, 0.25) is 0 Å². The summed E-state index contributed by atoms with van der Waals surface area (Å²) >= 11 is 5.03. The molecule has 24 heavy (non-hydrogen) atoms. The van der Waals surface area contributed by atoms with Gasteiger partial charge in [-0.05, 0) is 37.3 Å². The Morgan fingerprint density at radius 2 is 2.29 bits per heavy atom. The molecule has 0 aliphatic heterocycles. The molecule has 1 aliphatic carbocycles. The molecule has 1 heterocycles. The lowest BCUT2D eigenvalue weighted by molar-refractivity contribution is -0.120. The summed E-state index contributed by atoms with van der Waals surface area (Å²) in [5, 5.41) is 5.82. The van der Waals surface area contributed by atoms with Crippen molar-refractivity contribution in [3.63, 3.8) is 0 Å². The first-order chi connectivity index (χ1) is 11.7. The van der Waals surface area contributed by atoms with Crippen molar-refractivity contribution in [3.8, 4) is 10.6 Å². The average molecular weight is 409 g/mol. The largest absolute Gasteiger partial charge is 0.381 e. The fourth-order valence-corrected chi connectivity index (χ4v) is 3.52. The van der Waals surface area contributed by atoms with Crippen LogP contribution in [0, 0.1) is 5.92 Å². The van der Waals surface area contributed by atoms with Gasteiger partial charge < -0.3 is 10.1 Å². The molecule has 0 radical (unpaired) electrons. The summed E-state index contributed by atoms with van der Waals surface area (Å²) in [4.78, 5) is 16.5. The van der Waals surface area contributed by atoms with Crippen molar-refractivity contribution in [1.29, 1.82) is 0 Å². The number of carbonyl (C=O) groups is 1. The van der Waals surface area contributed by atoms with E-state index in [1.54, 1.807) is 11.3 Å². The molecule has 128 valence electrons. The second-order valence-corrected chi connectivity index (χ2v) is 7.83. The zero-order valence-electron chi connectivity index (χ0n) is 13.5. The van der Waals surface area contributed by atoms with E-state index in [0.29, 0.717) is 13.0 Å². The Morgan fingerprint density at radius 3 is 3.08 bits per heavy atom. The molecule has 3 rings (SSSR count). The van der Waals surface area contributed by atoms with Gasteiger partial charge in [-0.2, -0.15) is 0 Å². The second-order valence-electron chi connectivity index (χ2n) is 6.05. The lowest BCUT2D eigenvalue weighted by atomic mass is 10.2. The van der Waals surface area contributed by atoms with E-state index < -0.39 is 0 Å². The maximum atomic E-state index is 12.0. The van der Waals surface area contributed by atoms with Crippen molar-refractivity contribution >= 4 is 33.2 Å². The number of rotatable bonds is 9. The lowest BCUT2D eigenvalue weighted by Crippen LogP contribution is -2.27. The Morgan fingerprint density at radius 1 is 1.42 bits per heavy atom. The maximum absolute atomic E-state index is 12.0. The Hall–Kier alpha value is -1.24. The fraction of sp³-hybridized carbons (Fsp3) is 0.444. The van der Waals surface area contributed by atoms with Crippen molar-refractivity contribution in [2.75, 3.05) is 19.8 Å². The van der Waals surface area contributed by atoms with Crippen LogP contribution in [0.1, 0.15) is 25.0 Å². The zero-order valence-corrected chi connectivity index (χ0v) is 15.9. The summed E-state index contributed by atoms with van der Waals surface area (Å²) < 4.78 is 6.58. The topological polar surface area (TPSA) is 51.2 Å². The highest BCUT2D eigenvalue weighted by Crippen LogP contribution is 2.28. The highest BCUT2D eigenvalue weighted by atomic mass is 79.9. The number of amides is 1. The molecule has 1 aromatic carbocycles. The molecule has 1 fully saturated rings. The molecule has 6 heteroatoms. The summed E-state index contributed by atoms with van der Waals surface area (Å²) in [6.07, 6.45) is 3.81. The normalized spacial score (nSPS) is 13.9. The number of nitrogens with one attached hydrogen (secondary N) is 1. The Kier molecular flexibility index (Phi) is 6.40. The number of hydrogen-bond acceptors (Lipinski definition) is 4. The van der Waals surface area contributed by atoms with E-state index in [1.165, 1.54) is 12.8 Å². The second kappa shape index (κ2) is 8.74. The molecule has 1 aliphatic rings. The Bertz CT molecular complexity index is 685.